The van der Waals surface area contributed by atoms with E-state index in [4.69, 9.17) is 9.47 Å². The van der Waals surface area contributed by atoms with Crippen LogP contribution in [0.1, 0.15) is 28.3 Å². The topological polar surface area (TPSA) is 118 Å². The van der Waals surface area contributed by atoms with Crippen molar-refractivity contribution >= 4 is 52.2 Å². The van der Waals surface area contributed by atoms with E-state index >= 15 is 0 Å². The first-order valence-electron chi connectivity index (χ1n) is 15.6. The monoisotopic (exact) mass is 707 g/mol. The first-order valence-corrected chi connectivity index (χ1v) is 17.3. The molecule has 4 aromatic rings. The van der Waals surface area contributed by atoms with Crippen LogP contribution in [-0.4, -0.2) is 41.7 Å². The van der Waals surface area contributed by atoms with Gasteiger partial charge in [-0.3, -0.25) is 19.2 Å². The summed E-state index contributed by atoms with van der Waals surface area (Å²) >= 11 is 2.58. The molecule has 2 aliphatic carbocycles. The molecular formula is C35H28F3N3O6S2. The number of ether oxygens (including phenoxy) is 2. The van der Waals surface area contributed by atoms with Crippen LogP contribution in [0.3, 0.4) is 0 Å². The van der Waals surface area contributed by atoms with Gasteiger partial charge in [0.25, 0.3) is 5.91 Å². The van der Waals surface area contributed by atoms with Crippen LogP contribution in [0.15, 0.2) is 82.6 Å². The predicted molar refractivity (Wildman–Crippen MR) is 176 cm³/mol. The van der Waals surface area contributed by atoms with Crippen LogP contribution in [0.2, 0.25) is 0 Å². The average molecular weight is 708 g/mol. The molecule has 2 aliphatic heterocycles. The number of amides is 3. The number of hydrogen-bond acceptors (Lipinski definition) is 8. The first kappa shape index (κ1) is 31.7. The van der Waals surface area contributed by atoms with Crippen molar-refractivity contribution in [3.05, 3.63) is 98.5 Å². The zero-order chi connectivity index (χ0) is 34.2. The molecule has 3 heterocycles. The van der Waals surface area contributed by atoms with Gasteiger partial charge in [0.2, 0.25) is 11.8 Å². The minimum Gasteiger partial charge on any atom is -0.497 e. The number of methoxy groups -OCH3 is 1. The molecule has 4 unspecified atom stereocenters. The lowest BCUT2D eigenvalue weighted by molar-refractivity contribution is -0.137. The number of thioether (sulfide) groups is 1. The molecule has 8 rings (SSSR count). The smallest absolute Gasteiger partial charge is 0.418 e. The van der Waals surface area contributed by atoms with E-state index < -0.39 is 41.1 Å². The molecule has 2 bridgehead atoms. The number of rotatable bonds is 7. The molecule has 3 fully saturated rings. The number of alkyl halides is 3. The van der Waals surface area contributed by atoms with Gasteiger partial charge in [-0.2, -0.15) is 13.2 Å². The Hall–Kier alpha value is -4.56. The Bertz CT molecular complexity index is 2050. The summed E-state index contributed by atoms with van der Waals surface area (Å²) in [6, 6.07) is 18.8. The Morgan fingerprint density at radius 3 is 2.43 bits per heavy atom. The minimum atomic E-state index is -4.74. The number of H-pyrrole nitrogens is 1. The van der Waals surface area contributed by atoms with Crippen LogP contribution in [-0.2, 0) is 20.6 Å². The van der Waals surface area contributed by atoms with Gasteiger partial charge in [0.1, 0.15) is 11.5 Å². The molecule has 14 heteroatoms. The van der Waals surface area contributed by atoms with Crippen LogP contribution < -0.4 is 24.6 Å². The van der Waals surface area contributed by atoms with E-state index in [9.17, 15) is 32.3 Å². The molecule has 0 radical (unpaired) electrons. The summed E-state index contributed by atoms with van der Waals surface area (Å²) in [5.74, 6) is -3.02. The molecule has 7 atom stereocenters. The third-order valence-electron chi connectivity index (χ3n) is 10.1. The maximum atomic E-state index is 14.0. The highest BCUT2D eigenvalue weighted by Gasteiger charge is 2.70. The van der Waals surface area contributed by atoms with Crippen molar-refractivity contribution in [2.45, 2.75) is 28.8 Å². The number of halogens is 3. The van der Waals surface area contributed by atoms with Crippen molar-refractivity contribution in [3.63, 3.8) is 0 Å². The Morgan fingerprint density at radius 1 is 0.959 bits per heavy atom. The zero-order valence-electron chi connectivity index (χ0n) is 25.7. The van der Waals surface area contributed by atoms with Crippen molar-refractivity contribution in [1.29, 1.82) is 0 Å². The molecule has 3 amide bonds. The van der Waals surface area contributed by atoms with Crippen LogP contribution in [0.25, 0.3) is 0 Å². The van der Waals surface area contributed by atoms with Crippen LogP contribution in [0.5, 0.6) is 11.5 Å². The van der Waals surface area contributed by atoms with Crippen molar-refractivity contribution in [2.75, 3.05) is 23.9 Å². The van der Waals surface area contributed by atoms with E-state index in [0.717, 1.165) is 32.7 Å². The number of carbonyl (C=O) groups is 3. The lowest BCUT2D eigenvalue weighted by Crippen LogP contribution is -2.42. The minimum absolute atomic E-state index is 0.150. The summed E-state index contributed by atoms with van der Waals surface area (Å²) in [5, 5.41) is 3.33. The van der Waals surface area contributed by atoms with Crippen LogP contribution in [0, 0.1) is 29.6 Å². The first-order chi connectivity index (χ1) is 23.5. The molecule has 0 spiro atoms. The summed E-state index contributed by atoms with van der Waals surface area (Å²) in [6.45, 7) is -0.259. The maximum Gasteiger partial charge on any atom is 0.418 e. The Kier molecular flexibility index (Phi) is 7.63. The zero-order valence-corrected chi connectivity index (χ0v) is 27.4. The number of carbonyl (C=O) groups excluding carboxylic acids is 3. The third-order valence-corrected chi connectivity index (χ3v) is 12.7. The number of para-hydroxylation sites is 1. The number of benzene rings is 3. The van der Waals surface area contributed by atoms with Crippen molar-refractivity contribution in [1.82, 2.24) is 4.98 Å². The summed E-state index contributed by atoms with van der Waals surface area (Å²) in [6.07, 6.45) is -4.16. The summed E-state index contributed by atoms with van der Waals surface area (Å²) in [7, 11) is 1.55. The van der Waals surface area contributed by atoms with Crippen molar-refractivity contribution < 1.29 is 37.0 Å². The number of imide groups is 1. The van der Waals surface area contributed by atoms with E-state index in [0.29, 0.717) is 28.6 Å². The molecular weight excluding hydrogens is 680 g/mol. The van der Waals surface area contributed by atoms with E-state index in [1.807, 2.05) is 12.1 Å². The number of nitrogens with zero attached hydrogens (tertiary/aromatic N) is 1. The highest BCUT2D eigenvalue weighted by atomic mass is 32.2. The fourth-order valence-corrected chi connectivity index (χ4v) is 11.2. The Morgan fingerprint density at radius 2 is 1.69 bits per heavy atom. The highest BCUT2D eigenvalue weighted by Crippen LogP contribution is 2.69. The van der Waals surface area contributed by atoms with Gasteiger partial charge in [0.15, 0.2) is 6.61 Å². The molecule has 1 aromatic heterocycles. The quantitative estimate of drug-likeness (QED) is 0.221. The number of thiazole rings is 1. The number of nitrogens with one attached hydrogen (secondary N) is 2. The second-order valence-corrected chi connectivity index (χ2v) is 14.8. The third kappa shape index (κ3) is 5.23. The largest absolute Gasteiger partial charge is 0.497 e. The fourth-order valence-electron chi connectivity index (χ4n) is 8.35. The van der Waals surface area contributed by atoms with Gasteiger partial charge in [0.05, 0.1) is 35.2 Å². The molecule has 252 valence electrons. The molecule has 49 heavy (non-hydrogen) atoms. The molecule has 4 aliphatic rings. The van der Waals surface area contributed by atoms with Gasteiger partial charge in [-0.25, -0.2) is 4.90 Å². The second kappa shape index (κ2) is 11.8. The van der Waals surface area contributed by atoms with Crippen molar-refractivity contribution in [2.24, 2.45) is 29.6 Å². The number of aromatic amines is 1. The van der Waals surface area contributed by atoms with Gasteiger partial charge in [-0.15, -0.1) is 11.8 Å². The fraction of sp³-hybridized carbons (Fsp3) is 0.314. The van der Waals surface area contributed by atoms with Gasteiger partial charge < -0.3 is 19.8 Å². The SMILES string of the molecule is COc1ccc(NC(=O)COc2cccc([C@H]3c4sc(=O)[nH]c4SC4C3[C@H]3C[C@@H]4C4C(=O)N(c5ccccc5C(F)(F)F)C(=O)C43)c2)cc1. The molecule has 3 aromatic carbocycles. The average Bonchev–Trinajstić information content (AvgIpc) is 3.82. The maximum absolute atomic E-state index is 14.0. The lowest BCUT2D eigenvalue weighted by atomic mass is 9.68. The highest BCUT2D eigenvalue weighted by molar-refractivity contribution is 8.00. The molecule has 1 saturated heterocycles. The van der Waals surface area contributed by atoms with E-state index in [1.165, 1.54) is 30.0 Å². The van der Waals surface area contributed by atoms with Crippen LogP contribution in [0.4, 0.5) is 24.5 Å². The summed E-state index contributed by atoms with van der Waals surface area (Å²) < 4.78 is 53.0. The van der Waals surface area contributed by atoms with Gasteiger partial charge >= 0.3 is 11.0 Å². The second-order valence-electron chi connectivity index (χ2n) is 12.6. The van der Waals surface area contributed by atoms with E-state index in [-0.39, 0.29) is 46.3 Å². The van der Waals surface area contributed by atoms with Crippen LogP contribution >= 0.6 is 23.1 Å². The molecule has 2 saturated carbocycles. The lowest BCUT2D eigenvalue weighted by Gasteiger charge is -2.43. The van der Waals surface area contributed by atoms with Gasteiger partial charge in [-0.1, -0.05) is 35.6 Å². The van der Waals surface area contributed by atoms with Gasteiger partial charge in [0, 0.05) is 21.7 Å². The number of anilines is 2. The Balaban J connectivity index is 1.08. The van der Waals surface area contributed by atoms with Gasteiger partial charge in [-0.05, 0) is 78.3 Å². The summed E-state index contributed by atoms with van der Waals surface area (Å²) in [5.41, 5.74) is -0.0583. The van der Waals surface area contributed by atoms with Crippen molar-refractivity contribution in [3.8, 4) is 11.5 Å². The normalized spacial score (nSPS) is 26.7. The molecule has 9 nitrogen and oxygen atoms in total. The van der Waals surface area contributed by atoms with E-state index in [1.54, 1.807) is 43.5 Å². The predicted octanol–water partition coefficient (Wildman–Crippen LogP) is 6.16. The Labute approximate surface area is 285 Å². The standard InChI is InChI=1S/C35H28F3N3O6S2/c1-46-18-11-9-17(10-12-18)39-24(42)15-47-19-6-4-5-16(13-19)25-26-20-14-21(29(26)48-31-30(25)49-34(45)40-31)28-27(20)32(43)41(33(28)44)23-8-3-2-7-22(23)35(36,37)38/h2-13,20-21,25-29H,14-15H2,1H3,(H,39,42)(H,40,45)/t20-,21-,25-,26?,27?,28?,29?/m1/s1. The number of fused-ring (bicyclic) bond motifs is 9. The van der Waals surface area contributed by atoms with E-state index in [2.05, 4.69) is 10.3 Å². The number of hydrogen-bond donors (Lipinski definition) is 2. The number of aromatic nitrogens is 1. The molecule has 2 N–H and O–H groups in total. The summed E-state index contributed by atoms with van der Waals surface area (Å²) in [4.78, 5) is 57.5.